The molecular weight excluding hydrogens is 313 g/mol. The third-order valence-corrected chi connectivity index (χ3v) is 3.24. The van der Waals surface area contributed by atoms with Crippen LogP contribution in [0.1, 0.15) is 16.1 Å². The molecule has 2 aromatic rings. The number of aryl methyl sites for hydroxylation is 1. The van der Waals surface area contributed by atoms with Gasteiger partial charge in [0.05, 0.1) is 22.6 Å². The van der Waals surface area contributed by atoms with Crippen molar-refractivity contribution >= 4 is 33.2 Å². The molecule has 0 aliphatic carbocycles. The standard InChI is InChI=1S/C13H11BrFN3O/c1-7-12(3-2-4-17-7)18-13(19)8-5-11(16)10(15)6-9(8)14/h2-6H,16H2,1H3,(H,18,19). The lowest BCUT2D eigenvalue weighted by molar-refractivity contribution is 0.102. The van der Waals surface area contributed by atoms with Gasteiger partial charge in [-0.3, -0.25) is 9.78 Å². The number of benzene rings is 1. The van der Waals surface area contributed by atoms with E-state index in [-0.39, 0.29) is 17.2 Å². The second-order valence-corrected chi connectivity index (χ2v) is 4.80. The number of nitrogens with one attached hydrogen (secondary N) is 1. The summed E-state index contributed by atoms with van der Waals surface area (Å²) < 4.78 is 13.6. The van der Waals surface area contributed by atoms with E-state index in [9.17, 15) is 9.18 Å². The number of pyridine rings is 1. The number of nitrogens with two attached hydrogens (primary N) is 1. The topological polar surface area (TPSA) is 68.0 Å². The van der Waals surface area contributed by atoms with Crippen molar-refractivity contribution in [1.82, 2.24) is 4.98 Å². The summed E-state index contributed by atoms with van der Waals surface area (Å²) in [7, 11) is 0. The Morgan fingerprint density at radius 3 is 2.89 bits per heavy atom. The van der Waals surface area contributed by atoms with Crippen molar-refractivity contribution in [3.63, 3.8) is 0 Å². The second-order valence-electron chi connectivity index (χ2n) is 3.94. The molecule has 1 aromatic carbocycles. The summed E-state index contributed by atoms with van der Waals surface area (Å²) in [6, 6.07) is 5.92. The molecule has 1 amide bonds. The summed E-state index contributed by atoms with van der Waals surface area (Å²) in [5.74, 6) is -0.948. The Morgan fingerprint density at radius 2 is 2.21 bits per heavy atom. The molecule has 0 aliphatic rings. The van der Waals surface area contributed by atoms with Gasteiger partial charge in [0, 0.05) is 10.7 Å². The predicted octanol–water partition coefficient (Wildman–Crippen LogP) is 3.13. The lowest BCUT2D eigenvalue weighted by atomic mass is 10.1. The van der Waals surface area contributed by atoms with Crippen molar-refractivity contribution < 1.29 is 9.18 Å². The largest absolute Gasteiger partial charge is 0.396 e. The van der Waals surface area contributed by atoms with Gasteiger partial charge in [-0.2, -0.15) is 0 Å². The molecule has 0 saturated carbocycles. The number of halogens is 2. The van der Waals surface area contributed by atoms with Crippen LogP contribution in [-0.2, 0) is 0 Å². The maximum atomic E-state index is 13.2. The van der Waals surface area contributed by atoms with E-state index >= 15 is 0 Å². The molecule has 0 saturated heterocycles. The Bertz CT molecular complexity index is 646. The molecule has 3 N–H and O–H groups in total. The van der Waals surface area contributed by atoms with E-state index in [1.807, 2.05) is 0 Å². The van der Waals surface area contributed by atoms with Gasteiger partial charge in [-0.05, 0) is 47.1 Å². The van der Waals surface area contributed by atoms with Crippen LogP contribution in [0.25, 0.3) is 0 Å². The van der Waals surface area contributed by atoms with Gasteiger partial charge in [0.15, 0.2) is 0 Å². The zero-order valence-electron chi connectivity index (χ0n) is 10.1. The van der Waals surface area contributed by atoms with Gasteiger partial charge in [0.25, 0.3) is 5.91 Å². The van der Waals surface area contributed by atoms with Crippen molar-refractivity contribution in [2.75, 3.05) is 11.1 Å². The first-order chi connectivity index (χ1) is 8.99. The Morgan fingerprint density at radius 1 is 1.47 bits per heavy atom. The minimum Gasteiger partial charge on any atom is -0.396 e. The first-order valence-electron chi connectivity index (χ1n) is 5.46. The minimum atomic E-state index is -0.569. The van der Waals surface area contributed by atoms with Crippen molar-refractivity contribution in [1.29, 1.82) is 0 Å². The molecule has 19 heavy (non-hydrogen) atoms. The number of nitrogen functional groups attached to an aromatic ring is 1. The maximum Gasteiger partial charge on any atom is 0.256 e. The maximum absolute atomic E-state index is 13.2. The molecule has 98 valence electrons. The van der Waals surface area contributed by atoms with Crippen LogP contribution in [0.15, 0.2) is 34.9 Å². The Hall–Kier alpha value is -1.95. The zero-order chi connectivity index (χ0) is 14.0. The van der Waals surface area contributed by atoms with Crippen molar-refractivity contribution in [3.05, 3.63) is 52.0 Å². The number of carbonyl (C=O) groups excluding carboxylic acids is 1. The van der Waals surface area contributed by atoms with Crippen LogP contribution in [0.3, 0.4) is 0 Å². The van der Waals surface area contributed by atoms with Crippen molar-refractivity contribution in [3.8, 4) is 0 Å². The zero-order valence-corrected chi connectivity index (χ0v) is 11.7. The Labute approximate surface area is 118 Å². The number of hydrogen-bond donors (Lipinski definition) is 2. The Kier molecular flexibility index (Phi) is 3.80. The highest BCUT2D eigenvalue weighted by atomic mass is 79.9. The monoisotopic (exact) mass is 323 g/mol. The number of nitrogens with zero attached hydrogens (tertiary/aromatic N) is 1. The third kappa shape index (κ3) is 2.90. The molecular formula is C13H11BrFN3O. The average molecular weight is 324 g/mol. The quantitative estimate of drug-likeness (QED) is 0.834. The van der Waals surface area contributed by atoms with Crippen LogP contribution in [0, 0.1) is 12.7 Å². The first kappa shape index (κ1) is 13.5. The molecule has 0 bridgehead atoms. The van der Waals surface area contributed by atoms with Crippen LogP contribution in [-0.4, -0.2) is 10.9 Å². The predicted molar refractivity (Wildman–Crippen MR) is 75.4 cm³/mol. The summed E-state index contributed by atoms with van der Waals surface area (Å²) >= 11 is 3.14. The normalized spacial score (nSPS) is 10.3. The van der Waals surface area contributed by atoms with Crippen LogP contribution >= 0.6 is 15.9 Å². The van der Waals surface area contributed by atoms with Crippen molar-refractivity contribution in [2.24, 2.45) is 0 Å². The summed E-state index contributed by atoms with van der Waals surface area (Å²) in [4.78, 5) is 16.2. The molecule has 6 heteroatoms. The smallest absolute Gasteiger partial charge is 0.256 e. The van der Waals surface area contributed by atoms with Gasteiger partial charge >= 0.3 is 0 Å². The minimum absolute atomic E-state index is 0.0729. The number of amides is 1. The highest BCUT2D eigenvalue weighted by Crippen LogP contribution is 2.24. The van der Waals surface area contributed by atoms with E-state index in [4.69, 9.17) is 5.73 Å². The molecule has 0 atom stereocenters. The fraction of sp³-hybridized carbons (Fsp3) is 0.0769. The number of aromatic nitrogens is 1. The summed E-state index contributed by atoms with van der Waals surface area (Å²) in [6.45, 7) is 1.78. The molecule has 2 rings (SSSR count). The second kappa shape index (κ2) is 5.36. The van der Waals surface area contributed by atoms with E-state index in [1.165, 1.54) is 12.1 Å². The molecule has 4 nitrogen and oxygen atoms in total. The third-order valence-electron chi connectivity index (χ3n) is 2.59. The van der Waals surface area contributed by atoms with Crippen LogP contribution < -0.4 is 11.1 Å². The van der Waals surface area contributed by atoms with E-state index < -0.39 is 5.82 Å². The molecule has 1 heterocycles. The van der Waals surface area contributed by atoms with Gasteiger partial charge in [0.2, 0.25) is 0 Å². The highest BCUT2D eigenvalue weighted by Gasteiger charge is 2.14. The Balaban J connectivity index is 2.31. The molecule has 0 spiro atoms. The fourth-order valence-electron chi connectivity index (χ4n) is 1.55. The molecule has 0 unspecified atom stereocenters. The average Bonchev–Trinajstić information content (AvgIpc) is 2.36. The van der Waals surface area contributed by atoms with Crippen molar-refractivity contribution in [2.45, 2.75) is 6.92 Å². The lowest BCUT2D eigenvalue weighted by Gasteiger charge is -2.09. The van der Waals surface area contributed by atoms with Gasteiger partial charge in [0.1, 0.15) is 5.82 Å². The van der Waals surface area contributed by atoms with E-state index in [1.54, 1.807) is 25.3 Å². The SMILES string of the molecule is Cc1ncccc1NC(=O)c1cc(N)c(F)cc1Br. The lowest BCUT2D eigenvalue weighted by Crippen LogP contribution is -2.14. The highest BCUT2D eigenvalue weighted by molar-refractivity contribution is 9.10. The molecule has 0 aliphatic heterocycles. The number of rotatable bonds is 2. The van der Waals surface area contributed by atoms with Crippen LogP contribution in [0.5, 0.6) is 0 Å². The van der Waals surface area contributed by atoms with E-state index in [0.29, 0.717) is 15.9 Å². The summed E-state index contributed by atoms with van der Waals surface area (Å²) in [6.07, 6.45) is 1.64. The van der Waals surface area contributed by atoms with E-state index in [2.05, 4.69) is 26.2 Å². The molecule has 0 radical (unpaired) electrons. The van der Waals surface area contributed by atoms with Gasteiger partial charge in [-0.15, -0.1) is 0 Å². The van der Waals surface area contributed by atoms with E-state index in [0.717, 1.165) is 0 Å². The van der Waals surface area contributed by atoms with Gasteiger partial charge < -0.3 is 11.1 Å². The number of carbonyl (C=O) groups is 1. The molecule has 0 fully saturated rings. The summed E-state index contributed by atoms with van der Waals surface area (Å²) in [5.41, 5.74) is 6.95. The first-order valence-corrected chi connectivity index (χ1v) is 6.26. The molecule has 1 aromatic heterocycles. The number of anilines is 2. The van der Waals surface area contributed by atoms with Crippen LogP contribution in [0.2, 0.25) is 0 Å². The fourth-order valence-corrected chi connectivity index (χ4v) is 2.04. The van der Waals surface area contributed by atoms with Gasteiger partial charge in [-0.25, -0.2) is 4.39 Å². The number of hydrogen-bond acceptors (Lipinski definition) is 3. The van der Waals surface area contributed by atoms with Crippen LogP contribution in [0.4, 0.5) is 15.8 Å². The summed E-state index contributed by atoms with van der Waals surface area (Å²) in [5, 5.41) is 2.70. The van der Waals surface area contributed by atoms with Gasteiger partial charge in [-0.1, -0.05) is 0 Å².